The first kappa shape index (κ1) is 12.9. The molecule has 0 saturated heterocycles. The van der Waals surface area contributed by atoms with Gasteiger partial charge in [0.05, 0.1) is 11.9 Å². The molecule has 3 rings (SSSR count). The second-order valence-corrected chi connectivity index (χ2v) is 5.28. The first-order valence-electron chi connectivity index (χ1n) is 6.75. The number of carbonyl (C=O) groups is 1. The number of aliphatic hydroxyl groups is 1. The predicted molar refractivity (Wildman–Crippen MR) is 74.7 cm³/mol. The maximum Gasteiger partial charge on any atom is 0.251 e. The fourth-order valence-electron chi connectivity index (χ4n) is 2.31. The molecule has 0 unspecified atom stereocenters. The number of nitrogens with one attached hydrogen (secondary N) is 1. The number of amides is 1. The van der Waals surface area contributed by atoms with Crippen LogP contribution in [-0.2, 0) is 0 Å². The molecule has 5 heteroatoms. The molecule has 2 aromatic rings. The van der Waals surface area contributed by atoms with E-state index in [1.165, 1.54) is 0 Å². The Labute approximate surface area is 117 Å². The molecule has 1 aromatic carbocycles. The Bertz CT molecular complexity index is 586. The number of hydrogen-bond donors (Lipinski definition) is 2. The van der Waals surface area contributed by atoms with Gasteiger partial charge >= 0.3 is 0 Å². The summed E-state index contributed by atoms with van der Waals surface area (Å²) in [5.74, 6) is -0.150. The zero-order valence-corrected chi connectivity index (χ0v) is 11.1. The normalized spacial score (nSPS) is 16.4. The second-order valence-electron chi connectivity index (χ2n) is 5.28. The fraction of sp³-hybridized carbons (Fsp3) is 0.333. The molecule has 104 valence electrons. The lowest BCUT2D eigenvalue weighted by Crippen LogP contribution is -2.47. The van der Waals surface area contributed by atoms with E-state index in [2.05, 4.69) is 10.3 Å². The van der Waals surface area contributed by atoms with Gasteiger partial charge in [0, 0.05) is 30.2 Å². The molecule has 0 bridgehead atoms. The number of rotatable bonds is 4. The van der Waals surface area contributed by atoms with Crippen LogP contribution in [0.15, 0.2) is 43.0 Å². The predicted octanol–water partition coefficient (Wildman–Crippen LogP) is 1.52. The molecule has 1 amide bonds. The second kappa shape index (κ2) is 5.09. The van der Waals surface area contributed by atoms with Gasteiger partial charge in [-0.2, -0.15) is 0 Å². The van der Waals surface area contributed by atoms with Crippen LogP contribution in [0, 0.1) is 0 Å². The van der Waals surface area contributed by atoms with Crippen LogP contribution in [0.2, 0.25) is 0 Å². The third-order valence-corrected chi connectivity index (χ3v) is 3.79. The molecule has 1 aromatic heterocycles. The van der Waals surface area contributed by atoms with Crippen molar-refractivity contribution >= 4 is 5.91 Å². The average molecular weight is 271 g/mol. The van der Waals surface area contributed by atoms with E-state index < -0.39 is 5.60 Å². The Kier molecular flexibility index (Phi) is 3.28. The molecule has 20 heavy (non-hydrogen) atoms. The van der Waals surface area contributed by atoms with Gasteiger partial charge in [-0.1, -0.05) is 0 Å². The number of nitrogens with zero attached hydrogens (tertiary/aromatic N) is 2. The van der Waals surface area contributed by atoms with Gasteiger partial charge in [0.25, 0.3) is 5.91 Å². The lowest BCUT2D eigenvalue weighted by atomic mass is 9.80. The van der Waals surface area contributed by atoms with Crippen molar-refractivity contribution in [1.82, 2.24) is 14.9 Å². The average Bonchev–Trinajstić information content (AvgIpc) is 2.97. The van der Waals surface area contributed by atoms with Crippen LogP contribution in [0.3, 0.4) is 0 Å². The quantitative estimate of drug-likeness (QED) is 0.886. The van der Waals surface area contributed by atoms with Crippen LogP contribution < -0.4 is 5.32 Å². The summed E-state index contributed by atoms with van der Waals surface area (Å²) >= 11 is 0. The highest BCUT2D eigenvalue weighted by Gasteiger charge is 2.34. The van der Waals surface area contributed by atoms with Crippen molar-refractivity contribution in [1.29, 1.82) is 0 Å². The van der Waals surface area contributed by atoms with Crippen LogP contribution in [0.1, 0.15) is 29.6 Å². The van der Waals surface area contributed by atoms with E-state index in [9.17, 15) is 9.90 Å². The SMILES string of the molecule is O=C(NCC1(O)CCC1)c1ccc(-n2ccnc2)cc1. The van der Waals surface area contributed by atoms with Crippen LogP contribution in [0.5, 0.6) is 0 Å². The topological polar surface area (TPSA) is 67.2 Å². The van der Waals surface area contributed by atoms with E-state index in [1.807, 2.05) is 22.9 Å². The highest BCUT2D eigenvalue weighted by molar-refractivity contribution is 5.94. The first-order chi connectivity index (χ1) is 9.66. The lowest BCUT2D eigenvalue weighted by Gasteiger charge is -2.36. The summed E-state index contributed by atoms with van der Waals surface area (Å²) in [6.45, 7) is 0.328. The Morgan fingerprint density at radius 2 is 2.10 bits per heavy atom. The summed E-state index contributed by atoms with van der Waals surface area (Å²) < 4.78 is 1.87. The van der Waals surface area contributed by atoms with Gasteiger partial charge < -0.3 is 15.0 Å². The first-order valence-corrected chi connectivity index (χ1v) is 6.75. The minimum absolute atomic E-state index is 0.150. The molecule has 0 atom stereocenters. The molecule has 1 aliphatic carbocycles. The Balaban J connectivity index is 1.63. The van der Waals surface area contributed by atoms with Crippen molar-refractivity contribution in [2.75, 3.05) is 6.54 Å². The Morgan fingerprint density at radius 1 is 1.35 bits per heavy atom. The molecule has 1 saturated carbocycles. The van der Waals surface area contributed by atoms with E-state index in [0.717, 1.165) is 24.9 Å². The molecular formula is C15H17N3O2. The summed E-state index contributed by atoms with van der Waals surface area (Å²) in [7, 11) is 0. The smallest absolute Gasteiger partial charge is 0.251 e. The molecule has 0 aliphatic heterocycles. The molecular weight excluding hydrogens is 254 g/mol. The molecule has 1 fully saturated rings. The van der Waals surface area contributed by atoms with Crippen molar-refractivity contribution in [2.24, 2.45) is 0 Å². The maximum absolute atomic E-state index is 12.0. The third-order valence-electron chi connectivity index (χ3n) is 3.79. The number of benzene rings is 1. The highest BCUT2D eigenvalue weighted by atomic mass is 16.3. The van der Waals surface area contributed by atoms with Crippen LogP contribution in [0.4, 0.5) is 0 Å². The van der Waals surface area contributed by atoms with Gasteiger partial charge in [-0.25, -0.2) is 4.98 Å². The van der Waals surface area contributed by atoms with Crippen LogP contribution >= 0.6 is 0 Å². The van der Waals surface area contributed by atoms with E-state index in [-0.39, 0.29) is 5.91 Å². The highest BCUT2D eigenvalue weighted by Crippen LogP contribution is 2.30. The third kappa shape index (κ3) is 2.58. The number of hydrogen-bond acceptors (Lipinski definition) is 3. The van der Waals surface area contributed by atoms with Gasteiger partial charge in [0.15, 0.2) is 0 Å². The van der Waals surface area contributed by atoms with Gasteiger partial charge in [-0.05, 0) is 43.5 Å². The largest absolute Gasteiger partial charge is 0.388 e. The Hall–Kier alpha value is -2.14. The van der Waals surface area contributed by atoms with Crippen molar-refractivity contribution in [3.63, 3.8) is 0 Å². The van der Waals surface area contributed by atoms with E-state index in [1.54, 1.807) is 24.7 Å². The molecule has 0 radical (unpaired) electrons. The Morgan fingerprint density at radius 3 is 2.65 bits per heavy atom. The van der Waals surface area contributed by atoms with Crippen LogP contribution in [0.25, 0.3) is 5.69 Å². The zero-order valence-electron chi connectivity index (χ0n) is 11.1. The number of aromatic nitrogens is 2. The number of carbonyl (C=O) groups excluding carboxylic acids is 1. The van der Waals surface area contributed by atoms with E-state index in [0.29, 0.717) is 12.1 Å². The summed E-state index contributed by atoms with van der Waals surface area (Å²) in [5, 5.41) is 12.7. The van der Waals surface area contributed by atoms with Gasteiger partial charge in [-0.3, -0.25) is 4.79 Å². The maximum atomic E-state index is 12.0. The zero-order chi connectivity index (χ0) is 14.0. The summed E-state index contributed by atoms with van der Waals surface area (Å²) in [6, 6.07) is 7.29. The monoisotopic (exact) mass is 271 g/mol. The minimum atomic E-state index is -0.688. The van der Waals surface area contributed by atoms with Gasteiger partial charge in [0.1, 0.15) is 0 Å². The van der Waals surface area contributed by atoms with Crippen molar-refractivity contribution in [3.8, 4) is 5.69 Å². The summed E-state index contributed by atoms with van der Waals surface area (Å²) in [6.07, 6.45) is 7.84. The molecule has 1 heterocycles. The summed E-state index contributed by atoms with van der Waals surface area (Å²) in [5.41, 5.74) is 0.861. The van der Waals surface area contributed by atoms with E-state index in [4.69, 9.17) is 0 Å². The summed E-state index contributed by atoms with van der Waals surface area (Å²) in [4.78, 5) is 16.0. The molecule has 1 aliphatic rings. The van der Waals surface area contributed by atoms with Gasteiger partial charge in [0.2, 0.25) is 0 Å². The number of imidazole rings is 1. The van der Waals surface area contributed by atoms with Crippen molar-refractivity contribution in [2.45, 2.75) is 24.9 Å². The van der Waals surface area contributed by atoms with Crippen molar-refractivity contribution in [3.05, 3.63) is 48.5 Å². The lowest BCUT2D eigenvalue weighted by molar-refractivity contribution is -0.0300. The molecule has 2 N–H and O–H groups in total. The van der Waals surface area contributed by atoms with Crippen LogP contribution in [-0.4, -0.2) is 32.7 Å². The van der Waals surface area contributed by atoms with Gasteiger partial charge in [-0.15, -0.1) is 0 Å². The fourth-order valence-corrected chi connectivity index (χ4v) is 2.31. The minimum Gasteiger partial charge on any atom is -0.388 e. The standard InChI is InChI=1S/C15H17N3O2/c19-14(17-10-15(20)6-1-7-15)12-2-4-13(5-3-12)18-9-8-16-11-18/h2-5,8-9,11,20H,1,6-7,10H2,(H,17,19). The van der Waals surface area contributed by atoms with E-state index >= 15 is 0 Å². The molecule has 0 spiro atoms. The molecule has 5 nitrogen and oxygen atoms in total. The van der Waals surface area contributed by atoms with Crippen molar-refractivity contribution < 1.29 is 9.90 Å².